The van der Waals surface area contributed by atoms with Gasteiger partial charge in [-0.05, 0) is 30.9 Å². The van der Waals surface area contributed by atoms with Crippen LogP contribution in [0.1, 0.15) is 18.9 Å². The van der Waals surface area contributed by atoms with Gasteiger partial charge in [0, 0.05) is 37.2 Å². The van der Waals surface area contributed by atoms with Crippen LogP contribution in [0.15, 0.2) is 18.5 Å². The second-order valence-corrected chi connectivity index (χ2v) is 4.67. The molecular weight excluding hydrogens is 186 g/mol. The van der Waals surface area contributed by atoms with Gasteiger partial charge in [-0.25, -0.2) is 0 Å². The fourth-order valence-corrected chi connectivity index (χ4v) is 2.42. The van der Waals surface area contributed by atoms with Gasteiger partial charge < -0.3 is 10.6 Å². The number of hydrogen-bond acceptors (Lipinski definition) is 3. The van der Waals surface area contributed by atoms with Crippen LogP contribution in [-0.2, 0) is 0 Å². The van der Waals surface area contributed by atoms with Crippen LogP contribution >= 0.6 is 0 Å². The molecular formula is C12H19N3. The molecule has 0 saturated carbocycles. The fraction of sp³-hybridized carbons (Fsp3) is 0.583. The van der Waals surface area contributed by atoms with Gasteiger partial charge in [-0.1, -0.05) is 6.92 Å². The van der Waals surface area contributed by atoms with Crippen LogP contribution < -0.4 is 10.6 Å². The summed E-state index contributed by atoms with van der Waals surface area (Å²) in [6, 6.07) is 2.39. The highest BCUT2D eigenvalue weighted by atomic mass is 15.2. The predicted octanol–water partition coefficient (Wildman–Crippen LogP) is 1.56. The molecule has 1 aliphatic rings. The van der Waals surface area contributed by atoms with Gasteiger partial charge >= 0.3 is 0 Å². The van der Waals surface area contributed by atoms with Gasteiger partial charge in [-0.2, -0.15) is 0 Å². The van der Waals surface area contributed by atoms with Crippen molar-refractivity contribution in [2.24, 2.45) is 11.7 Å². The molecule has 0 amide bonds. The topological polar surface area (TPSA) is 42.2 Å². The Hall–Kier alpha value is -1.09. The maximum Gasteiger partial charge on any atom is 0.0427 e. The second-order valence-electron chi connectivity index (χ2n) is 4.67. The minimum atomic E-state index is 0.307. The van der Waals surface area contributed by atoms with Crippen LogP contribution in [0.5, 0.6) is 0 Å². The van der Waals surface area contributed by atoms with Crippen LogP contribution in [0.2, 0.25) is 0 Å². The van der Waals surface area contributed by atoms with Gasteiger partial charge in [-0.3, -0.25) is 4.98 Å². The van der Waals surface area contributed by atoms with E-state index in [0.29, 0.717) is 12.0 Å². The predicted molar refractivity (Wildman–Crippen MR) is 62.9 cm³/mol. The van der Waals surface area contributed by atoms with E-state index in [2.05, 4.69) is 29.8 Å². The summed E-state index contributed by atoms with van der Waals surface area (Å²) in [5, 5.41) is 0. The number of hydrogen-bond donors (Lipinski definition) is 1. The Morgan fingerprint density at radius 1 is 1.47 bits per heavy atom. The minimum Gasteiger partial charge on any atom is -0.369 e. The van der Waals surface area contributed by atoms with Gasteiger partial charge in [0.1, 0.15) is 0 Å². The maximum absolute atomic E-state index is 6.05. The van der Waals surface area contributed by atoms with Gasteiger partial charge in [0.2, 0.25) is 0 Å². The van der Waals surface area contributed by atoms with E-state index in [4.69, 9.17) is 5.73 Å². The van der Waals surface area contributed by atoms with Crippen molar-refractivity contribution in [3.63, 3.8) is 0 Å². The molecule has 2 rings (SSSR count). The third-order valence-electron chi connectivity index (χ3n) is 3.02. The van der Waals surface area contributed by atoms with E-state index in [9.17, 15) is 0 Å². The van der Waals surface area contributed by atoms with Gasteiger partial charge in [-0.15, -0.1) is 0 Å². The smallest absolute Gasteiger partial charge is 0.0427 e. The average Bonchev–Trinajstić information content (AvgIpc) is 2.16. The molecule has 1 fully saturated rings. The van der Waals surface area contributed by atoms with Crippen LogP contribution in [0.25, 0.3) is 0 Å². The normalized spacial score (nSPS) is 26.7. The van der Waals surface area contributed by atoms with Gasteiger partial charge in [0.25, 0.3) is 0 Å². The monoisotopic (exact) mass is 205 g/mol. The number of rotatable bonds is 1. The molecule has 3 heteroatoms. The van der Waals surface area contributed by atoms with E-state index in [-0.39, 0.29) is 0 Å². The van der Waals surface area contributed by atoms with E-state index in [1.54, 1.807) is 0 Å². The number of anilines is 1. The Balaban J connectivity index is 2.20. The SMILES string of the molecule is Cc1cnccc1N1C[C@H](C)C[C@H](N)C1. The Bertz CT molecular complexity index is 327. The van der Waals surface area contributed by atoms with Crippen LogP contribution in [0.4, 0.5) is 5.69 Å². The Labute approximate surface area is 91.3 Å². The maximum atomic E-state index is 6.05. The molecule has 15 heavy (non-hydrogen) atoms. The highest BCUT2D eigenvalue weighted by Gasteiger charge is 2.22. The molecule has 0 spiro atoms. The lowest BCUT2D eigenvalue weighted by molar-refractivity contribution is 0.401. The number of pyridine rings is 1. The summed E-state index contributed by atoms with van der Waals surface area (Å²) in [4.78, 5) is 6.50. The number of aryl methyl sites for hydroxylation is 1. The van der Waals surface area contributed by atoms with E-state index in [1.807, 2.05) is 12.4 Å². The van der Waals surface area contributed by atoms with Crippen LogP contribution in [0, 0.1) is 12.8 Å². The molecule has 2 atom stereocenters. The standard InChI is InChI=1S/C12H19N3/c1-9-5-11(13)8-15(7-9)12-3-4-14-6-10(12)2/h3-4,6,9,11H,5,7-8,13H2,1-2H3/t9-,11+/m1/s1. The molecule has 0 bridgehead atoms. The molecule has 0 radical (unpaired) electrons. The van der Waals surface area contributed by atoms with Crippen molar-refractivity contribution in [2.75, 3.05) is 18.0 Å². The third kappa shape index (κ3) is 2.29. The number of nitrogens with zero attached hydrogens (tertiary/aromatic N) is 2. The first kappa shape index (κ1) is 10.4. The summed E-state index contributed by atoms with van der Waals surface area (Å²) in [7, 11) is 0. The van der Waals surface area contributed by atoms with Crippen molar-refractivity contribution >= 4 is 5.69 Å². The van der Waals surface area contributed by atoms with E-state index >= 15 is 0 Å². The minimum absolute atomic E-state index is 0.307. The molecule has 0 aromatic carbocycles. The second kappa shape index (κ2) is 4.19. The Kier molecular flexibility index (Phi) is 2.91. The first-order chi connectivity index (χ1) is 7.16. The van der Waals surface area contributed by atoms with Crippen molar-refractivity contribution < 1.29 is 0 Å². The summed E-state index contributed by atoms with van der Waals surface area (Å²) in [6.45, 7) is 6.45. The molecule has 1 aliphatic heterocycles. The number of nitrogens with two attached hydrogens (primary N) is 1. The van der Waals surface area contributed by atoms with E-state index < -0.39 is 0 Å². The lowest BCUT2D eigenvalue weighted by Crippen LogP contribution is -2.46. The fourth-order valence-electron chi connectivity index (χ4n) is 2.42. The molecule has 0 unspecified atom stereocenters. The summed E-state index contributed by atoms with van der Waals surface area (Å²) < 4.78 is 0. The largest absolute Gasteiger partial charge is 0.369 e. The highest BCUT2D eigenvalue weighted by Crippen LogP contribution is 2.24. The summed E-state index contributed by atoms with van der Waals surface area (Å²) in [6.07, 6.45) is 4.91. The third-order valence-corrected chi connectivity index (χ3v) is 3.02. The first-order valence-corrected chi connectivity index (χ1v) is 5.58. The van der Waals surface area contributed by atoms with Crippen molar-refractivity contribution in [1.29, 1.82) is 0 Å². The Morgan fingerprint density at radius 3 is 2.93 bits per heavy atom. The van der Waals surface area contributed by atoms with Crippen molar-refractivity contribution in [3.05, 3.63) is 24.0 Å². The molecule has 2 heterocycles. The van der Waals surface area contributed by atoms with E-state index in [1.165, 1.54) is 11.3 Å². The zero-order chi connectivity index (χ0) is 10.8. The lowest BCUT2D eigenvalue weighted by Gasteiger charge is -2.37. The summed E-state index contributed by atoms with van der Waals surface area (Å²) >= 11 is 0. The number of piperidine rings is 1. The first-order valence-electron chi connectivity index (χ1n) is 5.58. The van der Waals surface area contributed by atoms with Crippen molar-refractivity contribution in [3.8, 4) is 0 Å². The number of aromatic nitrogens is 1. The zero-order valence-electron chi connectivity index (χ0n) is 9.48. The molecule has 3 nitrogen and oxygen atoms in total. The van der Waals surface area contributed by atoms with Gasteiger partial charge in [0.15, 0.2) is 0 Å². The molecule has 1 aromatic heterocycles. The summed E-state index contributed by atoms with van der Waals surface area (Å²) in [5.74, 6) is 0.682. The van der Waals surface area contributed by atoms with Crippen molar-refractivity contribution in [2.45, 2.75) is 26.3 Å². The highest BCUT2D eigenvalue weighted by molar-refractivity contribution is 5.52. The van der Waals surface area contributed by atoms with Crippen LogP contribution in [-0.4, -0.2) is 24.1 Å². The molecule has 0 aliphatic carbocycles. The zero-order valence-corrected chi connectivity index (χ0v) is 9.48. The quantitative estimate of drug-likeness (QED) is 0.756. The summed E-state index contributed by atoms with van der Waals surface area (Å²) in [5.41, 5.74) is 8.56. The van der Waals surface area contributed by atoms with Crippen molar-refractivity contribution in [1.82, 2.24) is 4.98 Å². The lowest BCUT2D eigenvalue weighted by atomic mass is 9.96. The molecule has 1 aromatic rings. The molecule has 2 N–H and O–H groups in total. The average molecular weight is 205 g/mol. The van der Waals surface area contributed by atoms with Crippen LogP contribution in [0.3, 0.4) is 0 Å². The van der Waals surface area contributed by atoms with E-state index in [0.717, 1.165) is 19.5 Å². The molecule has 1 saturated heterocycles. The Morgan fingerprint density at radius 2 is 2.27 bits per heavy atom. The van der Waals surface area contributed by atoms with Gasteiger partial charge in [0.05, 0.1) is 0 Å². The molecule has 82 valence electrons.